The molecule has 2 atom stereocenters. The standard InChI is InChI=1S/C13H26N2O/c1-9-7-10(9)8-15(6)11(16)12(2,3)13(4,5)14/h9-10H,7-8,14H2,1-6H3. The fourth-order valence-corrected chi connectivity index (χ4v) is 1.84. The van der Waals surface area contributed by atoms with Gasteiger partial charge in [0.15, 0.2) is 0 Å². The predicted molar refractivity (Wildman–Crippen MR) is 67.0 cm³/mol. The van der Waals surface area contributed by atoms with Gasteiger partial charge in [-0.15, -0.1) is 0 Å². The van der Waals surface area contributed by atoms with Crippen molar-refractivity contribution in [3.05, 3.63) is 0 Å². The molecule has 0 aromatic carbocycles. The maximum Gasteiger partial charge on any atom is 0.229 e. The van der Waals surface area contributed by atoms with Gasteiger partial charge in [0.05, 0.1) is 5.41 Å². The van der Waals surface area contributed by atoms with Crippen molar-refractivity contribution in [1.29, 1.82) is 0 Å². The number of nitrogens with two attached hydrogens (primary N) is 1. The van der Waals surface area contributed by atoms with E-state index < -0.39 is 11.0 Å². The SMILES string of the molecule is CC1CC1CN(C)C(=O)C(C)(C)C(C)(C)N. The smallest absolute Gasteiger partial charge is 0.229 e. The van der Waals surface area contributed by atoms with E-state index in [0.29, 0.717) is 5.92 Å². The lowest BCUT2D eigenvalue weighted by atomic mass is 9.74. The molecule has 1 amide bonds. The number of hydrogen-bond acceptors (Lipinski definition) is 2. The van der Waals surface area contributed by atoms with Gasteiger partial charge in [0.2, 0.25) is 5.91 Å². The Labute approximate surface area is 99.4 Å². The maximum atomic E-state index is 12.3. The van der Waals surface area contributed by atoms with Gasteiger partial charge in [0.25, 0.3) is 0 Å². The number of amides is 1. The zero-order valence-corrected chi connectivity index (χ0v) is 11.5. The van der Waals surface area contributed by atoms with Gasteiger partial charge in [-0.3, -0.25) is 4.79 Å². The molecule has 16 heavy (non-hydrogen) atoms. The molecule has 3 nitrogen and oxygen atoms in total. The summed E-state index contributed by atoms with van der Waals surface area (Å²) in [4.78, 5) is 14.2. The van der Waals surface area contributed by atoms with Gasteiger partial charge in [0.1, 0.15) is 0 Å². The van der Waals surface area contributed by atoms with Crippen LogP contribution in [0.15, 0.2) is 0 Å². The molecular weight excluding hydrogens is 200 g/mol. The molecule has 1 saturated carbocycles. The summed E-state index contributed by atoms with van der Waals surface area (Å²) in [6, 6.07) is 0. The minimum Gasteiger partial charge on any atom is -0.345 e. The second-order valence-electron chi connectivity index (χ2n) is 6.51. The molecule has 1 fully saturated rings. The van der Waals surface area contributed by atoms with Crippen molar-refractivity contribution in [3.63, 3.8) is 0 Å². The molecule has 1 aliphatic rings. The molecule has 94 valence electrons. The summed E-state index contributed by atoms with van der Waals surface area (Å²) in [7, 11) is 1.89. The molecule has 2 N–H and O–H groups in total. The molecule has 1 aliphatic carbocycles. The van der Waals surface area contributed by atoms with Gasteiger partial charge in [0, 0.05) is 19.1 Å². The quantitative estimate of drug-likeness (QED) is 0.795. The zero-order chi connectivity index (χ0) is 12.7. The van der Waals surface area contributed by atoms with E-state index in [-0.39, 0.29) is 5.91 Å². The maximum absolute atomic E-state index is 12.3. The first-order valence-electron chi connectivity index (χ1n) is 6.12. The third kappa shape index (κ3) is 2.57. The Morgan fingerprint density at radius 3 is 2.12 bits per heavy atom. The lowest BCUT2D eigenvalue weighted by Gasteiger charge is -2.39. The van der Waals surface area contributed by atoms with Crippen LogP contribution in [0.4, 0.5) is 0 Å². The Morgan fingerprint density at radius 2 is 1.81 bits per heavy atom. The summed E-state index contributed by atoms with van der Waals surface area (Å²) in [6.45, 7) is 10.8. The van der Waals surface area contributed by atoms with Crippen LogP contribution in [0.3, 0.4) is 0 Å². The first-order valence-corrected chi connectivity index (χ1v) is 6.12. The van der Waals surface area contributed by atoms with Crippen molar-refractivity contribution in [2.45, 2.75) is 46.6 Å². The Kier molecular flexibility index (Phi) is 3.39. The first-order chi connectivity index (χ1) is 7.07. The van der Waals surface area contributed by atoms with Crippen LogP contribution in [0, 0.1) is 17.3 Å². The Hall–Kier alpha value is -0.570. The minimum atomic E-state index is -0.514. The highest BCUT2D eigenvalue weighted by Gasteiger charge is 2.43. The molecule has 1 rings (SSSR count). The van der Waals surface area contributed by atoms with E-state index in [1.165, 1.54) is 6.42 Å². The van der Waals surface area contributed by atoms with Crippen LogP contribution in [0.2, 0.25) is 0 Å². The molecule has 0 aliphatic heterocycles. The van der Waals surface area contributed by atoms with E-state index in [1.54, 1.807) is 0 Å². The van der Waals surface area contributed by atoms with Crippen LogP contribution < -0.4 is 5.73 Å². The van der Waals surface area contributed by atoms with Crippen molar-refractivity contribution in [1.82, 2.24) is 4.90 Å². The van der Waals surface area contributed by atoms with Crippen LogP contribution >= 0.6 is 0 Å². The van der Waals surface area contributed by atoms with E-state index >= 15 is 0 Å². The van der Waals surface area contributed by atoms with Gasteiger partial charge >= 0.3 is 0 Å². The summed E-state index contributed by atoms with van der Waals surface area (Å²) in [6.07, 6.45) is 1.25. The summed E-state index contributed by atoms with van der Waals surface area (Å²) in [5, 5.41) is 0. The Balaban J connectivity index is 2.62. The Morgan fingerprint density at radius 1 is 1.38 bits per heavy atom. The lowest BCUT2D eigenvalue weighted by Crippen LogP contribution is -2.56. The van der Waals surface area contributed by atoms with E-state index in [2.05, 4.69) is 6.92 Å². The number of rotatable bonds is 4. The van der Waals surface area contributed by atoms with Gasteiger partial charge in [-0.05, 0) is 46.0 Å². The van der Waals surface area contributed by atoms with Crippen molar-refractivity contribution < 1.29 is 4.79 Å². The molecule has 3 heteroatoms. The zero-order valence-electron chi connectivity index (χ0n) is 11.5. The molecule has 0 aromatic rings. The third-order valence-corrected chi connectivity index (χ3v) is 4.28. The molecule has 0 bridgehead atoms. The first kappa shape index (κ1) is 13.5. The summed E-state index contributed by atoms with van der Waals surface area (Å²) in [5.41, 5.74) is 5.07. The topological polar surface area (TPSA) is 46.3 Å². The lowest BCUT2D eigenvalue weighted by molar-refractivity contribution is -0.142. The Bertz CT molecular complexity index is 278. The van der Waals surface area contributed by atoms with Gasteiger partial charge < -0.3 is 10.6 Å². The highest BCUT2D eigenvalue weighted by Crippen LogP contribution is 2.39. The fraction of sp³-hybridized carbons (Fsp3) is 0.923. The van der Waals surface area contributed by atoms with Gasteiger partial charge in [-0.25, -0.2) is 0 Å². The van der Waals surface area contributed by atoms with Crippen molar-refractivity contribution >= 4 is 5.91 Å². The number of carbonyl (C=O) groups is 1. The molecule has 0 heterocycles. The van der Waals surface area contributed by atoms with E-state index in [9.17, 15) is 4.79 Å². The normalized spacial score (nSPS) is 25.4. The molecule has 0 aromatic heterocycles. The molecule has 0 radical (unpaired) electrons. The van der Waals surface area contributed by atoms with Crippen molar-refractivity contribution in [2.24, 2.45) is 23.0 Å². The third-order valence-electron chi connectivity index (χ3n) is 4.28. The predicted octanol–water partition coefficient (Wildman–Crippen LogP) is 1.86. The average Bonchev–Trinajstić information content (AvgIpc) is 2.78. The van der Waals surface area contributed by atoms with E-state index in [0.717, 1.165) is 12.5 Å². The van der Waals surface area contributed by atoms with Crippen LogP contribution in [-0.4, -0.2) is 29.9 Å². The van der Waals surface area contributed by atoms with Gasteiger partial charge in [-0.2, -0.15) is 0 Å². The second-order valence-corrected chi connectivity index (χ2v) is 6.51. The van der Waals surface area contributed by atoms with E-state index in [1.807, 2.05) is 39.6 Å². The number of nitrogens with zero attached hydrogens (tertiary/aromatic N) is 1. The summed E-state index contributed by atoms with van der Waals surface area (Å²) < 4.78 is 0. The van der Waals surface area contributed by atoms with E-state index in [4.69, 9.17) is 5.73 Å². The summed E-state index contributed by atoms with van der Waals surface area (Å²) >= 11 is 0. The minimum absolute atomic E-state index is 0.152. The molecule has 0 spiro atoms. The van der Waals surface area contributed by atoms with Crippen LogP contribution in [-0.2, 0) is 4.79 Å². The summed E-state index contributed by atoms with van der Waals surface area (Å²) in [5.74, 6) is 1.63. The van der Waals surface area contributed by atoms with Crippen LogP contribution in [0.25, 0.3) is 0 Å². The molecule has 2 unspecified atom stereocenters. The van der Waals surface area contributed by atoms with Gasteiger partial charge in [-0.1, -0.05) is 6.92 Å². The molecule has 0 saturated heterocycles. The number of carbonyl (C=O) groups excluding carboxylic acids is 1. The largest absolute Gasteiger partial charge is 0.345 e. The fourth-order valence-electron chi connectivity index (χ4n) is 1.84. The number of hydrogen-bond donors (Lipinski definition) is 1. The highest BCUT2D eigenvalue weighted by molar-refractivity contribution is 5.83. The van der Waals surface area contributed by atoms with Crippen molar-refractivity contribution in [2.75, 3.05) is 13.6 Å². The van der Waals surface area contributed by atoms with Crippen molar-refractivity contribution in [3.8, 4) is 0 Å². The second kappa shape index (κ2) is 4.02. The molecular formula is C13H26N2O. The monoisotopic (exact) mass is 226 g/mol. The average molecular weight is 226 g/mol. The highest BCUT2D eigenvalue weighted by atomic mass is 16.2. The van der Waals surface area contributed by atoms with Crippen LogP contribution in [0.1, 0.15) is 41.0 Å². The van der Waals surface area contributed by atoms with Crippen LogP contribution in [0.5, 0.6) is 0 Å².